The molecular weight excluding hydrogens is 324 g/mol. The topological polar surface area (TPSA) is 76.3 Å². The molecule has 0 N–H and O–H groups in total. The zero-order valence-electron chi connectivity index (χ0n) is 13.6. The third kappa shape index (κ3) is 3.38. The summed E-state index contributed by atoms with van der Waals surface area (Å²) in [7, 11) is 0. The largest absolute Gasteiger partial charge is 0.343 e. The van der Waals surface area contributed by atoms with Crippen LogP contribution in [-0.2, 0) is 4.79 Å². The molecule has 0 spiro atoms. The van der Waals surface area contributed by atoms with E-state index in [0.717, 1.165) is 18.1 Å². The number of aromatic nitrogens is 5. The van der Waals surface area contributed by atoms with Crippen molar-refractivity contribution in [1.29, 1.82) is 0 Å². The van der Waals surface area contributed by atoms with E-state index in [-0.39, 0.29) is 5.91 Å². The molecule has 24 heavy (non-hydrogen) atoms. The van der Waals surface area contributed by atoms with Gasteiger partial charge in [0, 0.05) is 19.3 Å². The molecule has 3 rings (SSSR count). The second-order valence-corrected chi connectivity index (χ2v) is 6.03. The lowest BCUT2D eigenvalue weighted by atomic mass is 10.3. The predicted molar refractivity (Wildman–Crippen MR) is 92.7 cm³/mol. The number of carbonyl (C=O) groups is 1. The first-order valence-corrected chi connectivity index (χ1v) is 8.76. The van der Waals surface area contributed by atoms with Gasteiger partial charge in [0.25, 0.3) is 0 Å². The Morgan fingerprint density at radius 2 is 2.00 bits per heavy atom. The summed E-state index contributed by atoms with van der Waals surface area (Å²) in [6.45, 7) is 5.40. The molecule has 0 aliphatic heterocycles. The lowest BCUT2D eigenvalue weighted by Crippen LogP contribution is -2.31. The molecule has 0 saturated carbocycles. The van der Waals surface area contributed by atoms with Crippen molar-refractivity contribution in [2.24, 2.45) is 0 Å². The average molecular weight is 342 g/mol. The van der Waals surface area contributed by atoms with Crippen molar-refractivity contribution in [2.45, 2.75) is 18.9 Å². The fourth-order valence-corrected chi connectivity index (χ4v) is 3.06. The standard InChI is InChI=1S/C16H18N6OS/c1-3-21(4-2)15(23)11-24-14-9-8-13-18-19-16(22(13)20-14)12-7-5-6-10-17-12/h5-10H,3-4,11H2,1-2H3. The van der Waals surface area contributed by atoms with Crippen LogP contribution in [0.25, 0.3) is 17.2 Å². The van der Waals surface area contributed by atoms with Gasteiger partial charge in [-0.05, 0) is 38.1 Å². The van der Waals surface area contributed by atoms with Crippen LogP contribution < -0.4 is 0 Å². The number of amides is 1. The van der Waals surface area contributed by atoms with Gasteiger partial charge in [-0.15, -0.1) is 10.2 Å². The number of pyridine rings is 1. The molecule has 0 unspecified atom stereocenters. The molecule has 0 aliphatic rings. The number of nitrogens with zero attached hydrogens (tertiary/aromatic N) is 6. The van der Waals surface area contributed by atoms with E-state index in [4.69, 9.17) is 0 Å². The molecule has 0 saturated heterocycles. The van der Waals surface area contributed by atoms with Gasteiger partial charge in [0.05, 0.1) is 5.75 Å². The Kier molecular flexibility index (Phi) is 5.05. The highest BCUT2D eigenvalue weighted by molar-refractivity contribution is 7.99. The van der Waals surface area contributed by atoms with Crippen LogP contribution in [0.3, 0.4) is 0 Å². The average Bonchev–Trinajstić information content (AvgIpc) is 3.05. The van der Waals surface area contributed by atoms with Gasteiger partial charge in [0.15, 0.2) is 5.65 Å². The first kappa shape index (κ1) is 16.4. The maximum absolute atomic E-state index is 12.1. The van der Waals surface area contributed by atoms with Crippen LogP contribution in [-0.4, -0.2) is 54.4 Å². The molecule has 3 aromatic rings. The number of thioether (sulfide) groups is 1. The fourth-order valence-electron chi connectivity index (χ4n) is 2.31. The quantitative estimate of drug-likeness (QED) is 0.639. The third-order valence-electron chi connectivity index (χ3n) is 3.59. The van der Waals surface area contributed by atoms with E-state index in [0.29, 0.717) is 22.9 Å². The minimum atomic E-state index is 0.112. The molecule has 1 amide bonds. The van der Waals surface area contributed by atoms with Gasteiger partial charge in [-0.3, -0.25) is 9.78 Å². The first-order chi connectivity index (χ1) is 11.7. The minimum absolute atomic E-state index is 0.112. The summed E-state index contributed by atoms with van der Waals surface area (Å²) in [5.41, 5.74) is 1.36. The second kappa shape index (κ2) is 7.39. The van der Waals surface area contributed by atoms with Gasteiger partial charge >= 0.3 is 0 Å². The Hall–Kier alpha value is -2.48. The number of rotatable bonds is 6. The summed E-state index contributed by atoms with van der Waals surface area (Å²) >= 11 is 1.41. The maximum Gasteiger partial charge on any atom is 0.232 e. The highest BCUT2D eigenvalue weighted by Crippen LogP contribution is 2.19. The number of fused-ring (bicyclic) bond motifs is 1. The SMILES string of the molecule is CCN(CC)C(=O)CSc1ccc2nnc(-c3ccccn3)n2n1. The molecule has 0 aliphatic carbocycles. The molecule has 0 aromatic carbocycles. The Balaban J connectivity index is 1.82. The summed E-state index contributed by atoms with van der Waals surface area (Å²) in [5.74, 6) is 1.06. The summed E-state index contributed by atoms with van der Waals surface area (Å²) < 4.78 is 1.66. The lowest BCUT2D eigenvalue weighted by molar-refractivity contribution is -0.127. The second-order valence-electron chi connectivity index (χ2n) is 5.03. The van der Waals surface area contributed by atoms with Crippen molar-refractivity contribution in [1.82, 2.24) is 29.7 Å². The van der Waals surface area contributed by atoms with Crippen molar-refractivity contribution in [3.05, 3.63) is 36.5 Å². The smallest absolute Gasteiger partial charge is 0.232 e. The van der Waals surface area contributed by atoms with E-state index in [1.807, 2.05) is 49.1 Å². The third-order valence-corrected chi connectivity index (χ3v) is 4.50. The van der Waals surface area contributed by atoms with E-state index in [1.54, 1.807) is 10.7 Å². The van der Waals surface area contributed by atoms with Crippen molar-refractivity contribution in [3.8, 4) is 11.5 Å². The maximum atomic E-state index is 12.1. The Morgan fingerprint density at radius 3 is 2.71 bits per heavy atom. The van der Waals surface area contributed by atoms with Crippen molar-refractivity contribution >= 4 is 23.3 Å². The van der Waals surface area contributed by atoms with Gasteiger partial charge in [-0.1, -0.05) is 17.8 Å². The molecule has 3 heterocycles. The predicted octanol–water partition coefficient (Wildman–Crippen LogP) is 2.15. The van der Waals surface area contributed by atoms with Crippen LogP contribution in [0.1, 0.15) is 13.8 Å². The first-order valence-electron chi connectivity index (χ1n) is 7.77. The van der Waals surface area contributed by atoms with Gasteiger partial charge in [0.1, 0.15) is 10.7 Å². The molecule has 3 aromatic heterocycles. The van der Waals surface area contributed by atoms with E-state index >= 15 is 0 Å². The molecule has 124 valence electrons. The Labute approximate surface area is 144 Å². The van der Waals surface area contributed by atoms with Gasteiger partial charge in [-0.2, -0.15) is 9.61 Å². The van der Waals surface area contributed by atoms with E-state index in [2.05, 4.69) is 20.3 Å². The molecule has 0 radical (unpaired) electrons. The van der Waals surface area contributed by atoms with Gasteiger partial charge in [0.2, 0.25) is 11.7 Å². The van der Waals surface area contributed by atoms with Gasteiger partial charge in [-0.25, -0.2) is 0 Å². The minimum Gasteiger partial charge on any atom is -0.343 e. The summed E-state index contributed by atoms with van der Waals surface area (Å²) in [6, 6.07) is 9.30. The summed E-state index contributed by atoms with van der Waals surface area (Å²) in [4.78, 5) is 18.2. The summed E-state index contributed by atoms with van der Waals surface area (Å²) in [6.07, 6.45) is 1.71. The van der Waals surface area contributed by atoms with E-state index in [1.165, 1.54) is 11.8 Å². The zero-order chi connectivity index (χ0) is 16.9. The highest BCUT2D eigenvalue weighted by Gasteiger charge is 2.13. The molecule has 8 heteroatoms. The van der Waals surface area contributed by atoms with Crippen LogP contribution in [0.5, 0.6) is 0 Å². The number of carbonyl (C=O) groups excluding carboxylic acids is 1. The highest BCUT2D eigenvalue weighted by atomic mass is 32.2. The zero-order valence-corrected chi connectivity index (χ0v) is 14.4. The molecule has 0 bridgehead atoms. The van der Waals surface area contributed by atoms with Crippen LogP contribution >= 0.6 is 11.8 Å². The van der Waals surface area contributed by atoms with E-state index in [9.17, 15) is 4.79 Å². The van der Waals surface area contributed by atoms with Crippen molar-refractivity contribution in [3.63, 3.8) is 0 Å². The van der Waals surface area contributed by atoms with Crippen LogP contribution in [0.15, 0.2) is 41.6 Å². The van der Waals surface area contributed by atoms with Crippen molar-refractivity contribution < 1.29 is 4.79 Å². The van der Waals surface area contributed by atoms with Crippen LogP contribution in [0.2, 0.25) is 0 Å². The number of hydrogen-bond acceptors (Lipinski definition) is 6. The molecule has 7 nitrogen and oxygen atoms in total. The number of hydrogen-bond donors (Lipinski definition) is 0. The lowest BCUT2D eigenvalue weighted by Gasteiger charge is -2.17. The molecule has 0 fully saturated rings. The van der Waals surface area contributed by atoms with Crippen LogP contribution in [0.4, 0.5) is 0 Å². The summed E-state index contributed by atoms with van der Waals surface area (Å²) in [5, 5.41) is 13.6. The van der Waals surface area contributed by atoms with Gasteiger partial charge < -0.3 is 4.90 Å². The van der Waals surface area contributed by atoms with Crippen molar-refractivity contribution in [2.75, 3.05) is 18.8 Å². The Bertz CT molecular complexity index is 831. The Morgan fingerprint density at radius 1 is 1.17 bits per heavy atom. The molecular formula is C16H18N6OS. The normalized spacial score (nSPS) is 10.9. The molecule has 0 atom stereocenters. The van der Waals surface area contributed by atoms with E-state index < -0.39 is 0 Å². The fraction of sp³-hybridized carbons (Fsp3) is 0.312. The monoisotopic (exact) mass is 342 g/mol. The van der Waals surface area contributed by atoms with Crippen LogP contribution in [0, 0.1) is 0 Å².